The number of rotatable bonds is 1. The molecule has 0 aliphatic rings. The molecule has 1 aromatic carbocycles. The van der Waals surface area contributed by atoms with Crippen molar-refractivity contribution in [2.24, 2.45) is 0 Å². The molecule has 0 aliphatic carbocycles. The van der Waals surface area contributed by atoms with Crippen LogP contribution in [0.1, 0.15) is 0 Å². The molecule has 0 bridgehead atoms. The molecule has 0 atom stereocenters. The molecule has 0 unspecified atom stereocenters. The van der Waals surface area contributed by atoms with Crippen LogP contribution in [0.15, 0.2) is 26.0 Å². The first-order chi connectivity index (χ1) is 5.82. The van der Waals surface area contributed by atoms with Crippen LogP contribution in [0.4, 0.5) is 0 Å². The second-order valence-corrected chi connectivity index (χ2v) is 6.76. The molecular formula is C6H2Br2Cl2O2S. The minimum absolute atomic E-state index is 0.0331. The quantitative estimate of drug-likeness (QED) is 0.558. The molecular weight excluding hydrogens is 367 g/mol. The lowest BCUT2D eigenvalue weighted by Gasteiger charge is -2.02. The molecule has 2 nitrogen and oxygen atoms in total. The third-order valence-electron chi connectivity index (χ3n) is 1.24. The molecule has 0 fully saturated rings. The maximum Gasteiger partial charge on any atom is 0.261 e. The fraction of sp³-hybridized carbons (Fsp3) is 0. The van der Waals surface area contributed by atoms with Gasteiger partial charge in [-0.2, -0.15) is 0 Å². The summed E-state index contributed by atoms with van der Waals surface area (Å²) in [6, 6.07) is 2.65. The third kappa shape index (κ3) is 2.83. The van der Waals surface area contributed by atoms with Gasteiger partial charge in [-0.15, -0.1) is 0 Å². The summed E-state index contributed by atoms with van der Waals surface area (Å²) >= 11 is 12.0. The molecule has 0 spiro atoms. The summed E-state index contributed by atoms with van der Waals surface area (Å²) in [4.78, 5) is -0.0331. The largest absolute Gasteiger partial charge is 0.261 e. The van der Waals surface area contributed by atoms with E-state index >= 15 is 0 Å². The second kappa shape index (κ2) is 4.06. The molecule has 0 aromatic heterocycles. The van der Waals surface area contributed by atoms with Gasteiger partial charge < -0.3 is 0 Å². The Bertz CT molecular complexity index is 421. The highest BCUT2D eigenvalue weighted by Crippen LogP contribution is 2.34. The van der Waals surface area contributed by atoms with E-state index in [4.69, 9.17) is 22.3 Å². The average Bonchev–Trinajstić information content (AvgIpc) is 1.97. The molecule has 1 aromatic rings. The number of benzene rings is 1. The van der Waals surface area contributed by atoms with E-state index in [-0.39, 0.29) is 9.92 Å². The zero-order valence-electron chi connectivity index (χ0n) is 5.89. The van der Waals surface area contributed by atoms with Gasteiger partial charge in [0.05, 0.1) is 14.4 Å². The zero-order chi connectivity index (χ0) is 10.2. The van der Waals surface area contributed by atoms with Gasteiger partial charge in [0, 0.05) is 15.2 Å². The molecule has 0 radical (unpaired) electrons. The fourth-order valence-electron chi connectivity index (χ4n) is 0.673. The predicted molar refractivity (Wildman–Crippen MR) is 59.9 cm³/mol. The number of halogens is 4. The first-order valence-electron chi connectivity index (χ1n) is 2.91. The van der Waals surface area contributed by atoms with Crippen molar-refractivity contribution in [3.63, 3.8) is 0 Å². The van der Waals surface area contributed by atoms with Crippen LogP contribution in [-0.4, -0.2) is 8.42 Å². The summed E-state index contributed by atoms with van der Waals surface area (Å²) in [7, 11) is 1.40. The highest BCUT2D eigenvalue weighted by atomic mass is 79.9. The maximum atomic E-state index is 10.9. The van der Waals surface area contributed by atoms with Gasteiger partial charge in [-0.05, 0) is 44.0 Å². The van der Waals surface area contributed by atoms with Gasteiger partial charge in [-0.25, -0.2) is 8.42 Å². The van der Waals surface area contributed by atoms with Gasteiger partial charge in [0.1, 0.15) is 0 Å². The molecule has 0 saturated carbocycles. The summed E-state index contributed by atoms with van der Waals surface area (Å²) in [6.07, 6.45) is 0. The average molecular weight is 369 g/mol. The Balaban J connectivity index is 3.47. The molecule has 72 valence electrons. The van der Waals surface area contributed by atoms with E-state index in [1.165, 1.54) is 12.1 Å². The lowest BCUT2D eigenvalue weighted by atomic mass is 10.4. The van der Waals surface area contributed by atoms with Crippen molar-refractivity contribution in [3.8, 4) is 0 Å². The molecule has 0 saturated heterocycles. The number of hydrogen-bond donors (Lipinski definition) is 0. The molecule has 0 heterocycles. The summed E-state index contributed by atoms with van der Waals surface area (Å²) in [5, 5.41) is 0.286. The van der Waals surface area contributed by atoms with Crippen LogP contribution >= 0.6 is 54.1 Å². The lowest BCUT2D eigenvalue weighted by Crippen LogP contribution is -1.90. The Morgan fingerprint density at radius 2 is 1.77 bits per heavy atom. The Kier molecular flexibility index (Phi) is 3.68. The topological polar surface area (TPSA) is 34.1 Å². The molecule has 0 amide bonds. The molecule has 0 aliphatic heterocycles. The van der Waals surface area contributed by atoms with Crippen molar-refractivity contribution < 1.29 is 8.42 Å². The highest BCUT2D eigenvalue weighted by molar-refractivity contribution is 9.13. The first-order valence-corrected chi connectivity index (χ1v) is 7.19. The van der Waals surface area contributed by atoms with Gasteiger partial charge in [-0.3, -0.25) is 0 Å². The van der Waals surface area contributed by atoms with Crippen LogP contribution < -0.4 is 0 Å². The van der Waals surface area contributed by atoms with Crippen LogP contribution in [0, 0.1) is 0 Å². The summed E-state index contributed by atoms with van der Waals surface area (Å²) in [5.74, 6) is 0. The summed E-state index contributed by atoms with van der Waals surface area (Å²) in [5.41, 5.74) is 0. The van der Waals surface area contributed by atoms with Crippen LogP contribution in [0.5, 0.6) is 0 Å². The summed E-state index contributed by atoms with van der Waals surface area (Å²) < 4.78 is 23.0. The van der Waals surface area contributed by atoms with Gasteiger partial charge in [-0.1, -0.05) is 11.6 Å². The molecule has 1 rings (SSSR count). The Labute approximate surface area is 102 Å². The van der Waals surface area contributed by atoms with Crippen LogP contribution in [0.2, 0.25) is 5.02 Å². The third-order valence-corrected chi connectivity index (χ3v) is 5.11. The normalized spacial score (nSPS) is 11.7. The van der Waals surface area contributed by atoms with Gasteiger partial charge in [0.15, 0.2) is 0 Å². The molecule has 7 heteroatoms. The van der Waals surface area contributed by atoms with Crippen molar-refractivity contribution in [3.05, 3.63) is 26.1 Å². The first kappa shape index (κ1) is 11.8. The second-order valence-electron chi connectivity index (χ2n) is 2.14. The zero-order valence-corrected chi connectivity index (χ0v) is 11.4. The highest BCUT2D eigenvalue weighted by Gasteiger charge is 2.14. The standard InChI is InChI=1S/C6H2Br2Cl2O2S/c7-4-1-3(13(10,11)12)2-5(9)6(4)8/h1-2H. The van der Waals surface area contributed by atoms with Crippen molar-refractivity contribution in [2.75, 3.05) is 0 Å². The number of hydrogen-bond acceptors (Lipinski definition) is 2. The fourth-order valence-corrected chi connectivity index (χ4v) is 2.70. The minimum Gasteiger partial charge on any atom is -0.207 e. The van der Waals surface area contributed by atoms with E-state index in [1.807, 2.05) is 0 Å². The van der Waals surface area contributed by atoms with E-state index in [1.54, 1.807) is 0 Å². The van der Waals surface area contributed by atoms with Gasteiger partial charge >= 0.3 is 0 Å². The van der Waals surface area contributed by atoms with Crippen LogP contribution in [0.25, 0.3) is 0 Å². The van der Waals surface area contributed by atoms with Gasteiger partial charge in [0.2, 0.25) is 0 Å². The summed E-state index contributed by atoms with van der Waals surface area (Å²) in [6.45, 7) is 0. The van der Waals surface area contributed by atoms with E-state index in [2.05, 4.69) is 31.9 Å². The van der Waals surface area contributed by atoms with Crippen molar-refractivity contribution in [1.82, 2.24) is 0 Å². The molecule has 13 heavy (non-hydrogen) atoms. The Morgan fingerprint density at radius 3 is 2.15 bits per heavy atom. The minimum atomic E-state index is -3.73. The Hall–Kier alpha value is 0.710. The van der Waals surface area contributed by atoms with Crippen molar-refractivity contribution in [1.29, 1.82) is 0 Å². The van der Waals surface area contributed by atoms with Crippen molar-refractivity contribution in [2.45, 2.75) is 4.90 Å². The maximum absolute atomic E-state index is 10.9. The smallest absolute Gasteiger partial charge is 0.207 e. The van der Waals surface area contributed by atoms with E-state index in [0.717, 1.165) is 0 Å². The van der Waals surface area contributed by atoms with Crippen LogP contribution in [-0.2, 0) is 9.05 Å². The van der Waals surface area contributed by atoms with E-state index < -0.39 is 9.05 Å². The predicted octanol–water partition coefficient (Wildman–Crippen LogP) is 3.79. The van der Waals surface area contributed by atoms with E-state index in [0.29, 0.717) is 8.95 Å². The monoisotopic (exact) mass is 366 g/mol. The van der Waals surface area contributed by atoms with Gasteiger partial charge in [0.25, 0.3) is 9.05 Å². The van der Waals surface area contributed by atoms with Crippen LogP contribution in [0.3, 0.4) is 0 Å². The van der Waals surface area contributed by atoms with E-state index in [9.17, 15) is 8.42 Å². The molecule has 0 N–H and O–H groups in total. The SMILES string of the molecule is O=S(=O)(Cl)c1cc(Cl)c(Br)c(Br)c1. The Morgan fingerprint density at radius 1 is 1.23 bits per heavy atom. The lowest BCUT2D eigenvalue weighted by molar-refractivity contribution is 0.609. The van der Waals surface area contributed by atoms with Crippen molar-refractivity contribution >= 4 is 63.2 Å².